The molecule has 1 aliphatic carbocycles. The zero-order chi connectivity index (χ0) is 9.31. The van der Waals surface area contributed by atoms with Crippen molar-refractivity contribution in [3.8, 4) is 0 Å². The SMILES string of the molecule is O=[N+]([O-])C[C@H]1CCC2(C1)OCCO2. The number of hydrogen-bond donors (Lipinski definition) is 0. The highest BCUT2D eigenvalue weighted by molar-refractivity contribution is 4.85. The quantitative estimate of drug-likeness (QED) is 0.474. The number of nitro groups is 1. The van der Waals surface area contributed by atoms with Crippen molar-refractivity contribution in [3.63, 3.8) is 0 Å². The molecular weight excluding hydrogens is 174 g/mol. The van der Waals surface area contributed by atoms with Crippen LogP contribution in [0, 0.1) is 16.0 Å². The van der Waals surface area contributed by atoms with E-state index in [1.54, 1.807) is 0 Å². The summed E-state index contributed by atoms with van der Waals surface area (Å²) in [6.45, 7) is 1.31. The molecule has 1 saturated heterocycles. The summed E-state index contributed by atoms with van der Waals surface area (Å²) >= 11 is 0. The standard InChI is InChI=1S/C8H13NO4/c10-9(11)6-7-1-2-8(5-7)12-3-4-13-8/h7H,1-6H2/t7-/m0/s1. The summed E-state index contributed by atoms with van der Waals surface area (Å²) in [5.41, 5.74) is 0. The number of hydrogen-bond acceptors (Lipinski definition) is 4. The van der Waals surface area contributed by atoms with E-state index >= 15 is 0 Å². The summed E-state index contributed by atoms with van der Waals surface area (Å²) in [6, 6.07) is 0. The third kappa shape index (κ3) is 1.81. The molecular formula is C8H13NO4. The highest BCUT2D eigenvalue weighted by Crippen LogP contribution is 2.40. The second-order valence-corrected chi connectivity index (χ2v) is 3.73. The average Bonchev–Trinajstić information content (AvgIpc) is 2.63. The van der Waals surface area contributed by atoms with E-state index in [9.17, 15) is 10.1 Å². The third-order valence-electron chi connectivity index (χ3n) is 2.75. The van der Waals surface area contributed by atoms with Gasteiger partial charge in [0.25, 0.3) is 0 Å². The van der Waals surface area contributed by atoms with Gasteiger partial charge in [-0.15, -0.1) is 0 Å². The van der Waals surface area contributed by atoms with Gasteiger partial charge in [-0.2, -0.15) is 0 Å². The van der Waals surface area contributed by atoms with E-state index in [-0.39, 0.29) is 17.4 Å². The maximum absolute atomic E-state index is 10.3. The van der Waals surface area contributed by atoms with Crippen LogP contribution in [0.1, 0.15) is 19.3 Å². The van der Waals surface area contributed by atoms with Gasteiger partial charge in [0.15, 0.2) is 5.79 Å². The van der Waals surface area contributed by atoms with Gasteiger partial charge in [-0.25, -0.2) is 0 Å². The largest absolute Gasteiger partial charge is 0.348 e. The lowest BCUT2D eigenvalue weighted by Gasteiger charge is -2.20. The van der Waals surface area contributed by atoms with Gasteiger partial charge in [-0.1, -0.05) is 0 Å². The van der Waals surface area contributed by atoms with Gasteiger partial charge in [-0.3, -0.25) is 10.1 Å². The topological polar surface area (TPSA) is 61.6 Å². The maximum atomic E-state index is 10.3. The van der Waals surface area contributed by atoms with Crippen molar-refractivity contribution in [2.45, 2.75) is 25.0 Å². The molecule has 0 unspecified atom stereocenters. The second-order valence-electron chi connectivity index (χ2n) is 3.73. The molecule has 13 heavy (non-hydrogen) atoms. The minimum Gasteiger partial charge on any atom is -0.348 e. The molecule has 1 spiro atoms. The van der Waals surface area contributed by atoms with E-state index in [2.05, 4.69) is 0 Å². The Morgan fingerprint density at radius 1 is 1.46 bits per heavy atom. The Morgan fingerprint density at radius 2 is 2.15 bits per heavy atom. The van der Waals surface area contributed by atoms with Gasteiger partial charge in [0, 0.05) is 23.7 Å². The molecule has 0 aromatic rings. The van der Waals surface area contributed by atoms with Crippen LogP contribution in [0.3, 0.4) is 0 Å². The molecule has 1 heterocycles. The fourth-order valence-corrected chi connectivity index (χ4v) is 2.19. The summed E-state index contributed by atoms with van der Waals surface area (Å²) in [7, 11) is 0. The van der Waals surface area contributed by atoms with Gasteiger partial charge in [-0.05, 0) is 6.42 Å². The Kier molecular flexibility index (Phi) is 2.21. The zero-order valence-electron chi connectivity index (χ0n) is 7.40. The fraction of sp³-hybridized carbons (Fsp3) is 1.00. The van der Waals surface area contributed by atoms with Crippen molar-refractivity contribution < 1.29 is 14.4 Å². The predicted octanol–water partition coefficient (Wildman–Crippen LogP) is 0.806. The Morgan fingerprint density at radius 3 is 2.77 bits per heavy atom. The molecule has 0 aromatic heterocycles. The summed E-state index contributed by atoms with van der Waals surface area (Å²) in [4.78, 5) is 10.0. The first-order valence-corrected chi connectivity index (χ1v) is 4.60. The Labute approximate surface area is 76.2 Å². The molecule has 0 aromatic carbocycles. The molecule has 2 rings (SSSR count). The van der Waals surface area contributed by atoms with Gasteiger partial charge in [0.05, 0.1) is 13.2 Å². The third-order valence-corrected chi connectivity index (χ3v) is 2.75. The molecule has 1 aliphatic heterocycles. The monoisotopic (exact) mass is 187 g/mol. The minimum absolute atomic E-state index is 0.0501. The Balaban J connectivity index is 1.89. The Bertz CT molecular complexity index is 212. The van der Waals surface area contributed by atoms with Crippen LogP contribution in [-0.2, 0) is 9.47 Å². The van der Waals surface area contributed by atoms with E-state index < -0.39 is 5.79 Å². The molecule has 5 nitrogen and oxygen atoms in total. The summed E-state index contributed by atoms with van der Waals surface area (Å²) in [6.07, 6.45) is 2.35. The predicted molar refractivity (Wildman–Crippen MR) is 43.8 cm³/mol. The van der Waals surface area contributed by atoms with Crippen LogP contribution < -0.4 is 0 Å². The van der Waals surface area contributed by atoms with E-state index in [0.717, 1.165) is 12.8 Å². The van der Waals surface area contributed by atoms with Crippen LogP contribution >= 0.6 is 0 Å². The lowest BCUT2D eigenvalue weighted by molar-refractivity contribution is -0.488. The van der Waals surface area contributed by atoms with Crippen molar-refractivity contribution in [2.75, 3.05) is 19.8 Å². The van der Waals surface area contributed by atoms with Crippen molar-refractivity contribution >= 4 is 0 Å². The molecule has 74 valence electrons. The fourth-order valence-electron chi connectivity index (χ4n) is 2.19. The van der Waals surface area contributed by atoms with Crippen LogP contribution in [-0.4, -0.2) is 30.5 Å². The highest BCUT2D eigenvalue weighted by Gasteiger charge is 2.45. The summed E-state index contributed by atoms with van der Waals surface area (Å²) in [5.74, 6) is -0.325. The van der Waals surface area contributed by atoms with Crippen molar-refractivity contribution in [2.24, 2.45) is 5.92 Å². The first kappa shape index (κ1) is 8.90. The zero-order valence-corrected chi connectivity index (χ0v) is 7.40. The summed E-state index contributed by atoms with van der Waals surface area (Å²) < 4.78 is 10.9. The van der Waals surface area contributed by atoms with Gasteiger partial charge in [0.2, 0.25) is 6.54 Å². The van der Waals surface area contributed by atoms with Crippen LogP contribution in [0.25, 0.3) is 0 Å². The number of nitrogens with zero attached hydrogens (tertiary/aromatic N) is 1. The molecule has 2 fully saturated rings. The van der Waals surface area contributed by atoms with E-state index in [1.807, 2.05) is 0 Å². The second kappa shape index (κ2) is 3.23. The van der Waals surface area contributed by atoms with Crippen molar-refractivity contribution in [3.05, 3.63) is 10.1 Å². The van der Waals surface area contributed by atoms with E-state index in [1.165, 1.54) is 0 Å². The Hall–Kier alpha value is -0.680. The van der Waals surface area contributed by atoms with Crippen LogP contribution in [0.4, 0.5) is 0 Å². The molecule has 1 saturated carbocycles. The lowest BCUT2D eigenvalue weighted by Crippen LogP contribution is -2.26. The average molecular weight is 187 g/mol. The number of rotatable bonds is 2. The molecule has 2 aliphatic rings. The molecule has 0 radical (unpaired) electrons. The maximum Gasteiger partial charge on any atom is 0.206 e. The van der Waals surface area contributed by atoms with Gasteiger partial charge >= 0.3 is 0 Å². The van der Waals surface area contributed by atoms with E-state index in [0.29, 0.717) is 19.6 Å². The summed E-state index contributed by atoms with van der Waals surface area (Å²) in [5, 5.41) is 10.3. The van der Waals surface area contributed by atoms with Gasteiger partial charge in [0.1, 0.15) is 0 Å². The molecule has 5 heteroatoms. The molecule has 0 N–H and O–H groups in total. The van der Waals surface area contributed by atoms with E-state index in [4.69, 9.17) is 9.47 Å². The minimum atomic E-state index is -0.458. The smallest absolute Gasteiger partial charge is 0.206 e. The van der Waals surface area contributed by atoms with Crippen molar-refractivity contribution in [1.29, 1.82) is 0 Å². The van der Waals surface area contributed by atoms with Crippen molar-refractivity contribution in [1.82, 2.24) is 0 Å². The molecule has 0 bridgehead atoms. The normalized spacial score (nSPS) is 31.2. The van der Waals surface area contributed by atoms with Crippen LogP contribution in [0.5, 0.6) is 0 Å². The lowest BCUT2D eigenvalue weighted by atomic mass is 10.1. The van der Waals surface area contributed by atoms with Gasteiger partial charge < -0.3 is 9.47 Å². The molecule has 1 atom stereocenters. The number of ether oxygens (including phenoxy) is 2. The van der Waals surface area contributed by atoms with Crippen LogP contribution in [0.15, 0.2) is 0 Å². The first-order chi connectivity index (χ1) is 6.20. The van der Waals surface area contributed by atoms with Crippen LogP contribution in [0.2, 0.25) is 0 Å². The molecule has 0 amide bonds. The highest BCUT2D eigenvalue weighted by atomic mass is 16.7. The first-order valence-electron chi connectivity index (χ1n) is 4.60.